The van der Waals surface area contributed by atoms with E-state index in [1.165, 1.54) is 12.1 Å². The highest BCUT2D eigenvalue weighted by Crippen LogP contribution is 2.16. The Bertz CT molecular complexity index is 1270. The predicted octanol–water partition coefficient (Wildman–Crippen LogP) is 2.50. The molecule has 2 N–H and O–H groups in total. The number of fused-ring (bicyclic) bond motifs is 1. The normalized spacial score (nSPS) is 11.3. The molecule has 0 radical (unpaired) electrons. The maximum absolute atomic E-state index is 12.4. The molecule has 0 aliphatic carbocycles. The van der Waals surface area contributed by atoms with Crippen LogP contribution in [0.3, 0.4) is 0 Å². The fraction of sp³-hybridized carbons (Fsp3) is 0.0952. The number of aromatic nitrogens is 3. The van der Waals surface area contributed by atoms with Crippen molar-refractivity contribution in [2.45, 2.75) is 11.3 Å². The van der Waals surface area contributed by atoms with Crippen LogP contribution in [0.25, 0.3) is 5.65 Å². The Kier molecular flexibility index (Phi) is 5.44. The Morgan fingerprint density at radius 3 is 2.40 bits per heavy atom. The van der Waals surface area contributed by atoms with E-state index >= 15 is 0 Å². The smallest absolute Gasteiger partial charge is 0.261 e. The van der Waals surface area contributed by atoms with Gasteiger partial charge in [0.05, 0.1) is 4.90 Å². The molecule has 0 bridgehead atoms. The lowest BCUT2D eigenvalue weighted by Crippen LogP contribution is -2.26. The number of sulfonamides is 1. The topological polar surface area (TPSA) is 105 Å². The molecule has 9 heteroatoms. The number of carbonyl (C=O) groups is 1. The zero-order valence-corrected chi connectivity index (χ0v) is 16.7. The standard InChI is InChI=1S/C21H19N5O3S/c27-21(22-14-13-20-24-23-19-8-4-5-15-26(19)20)16-9-11-17(12-10-16)25-30(28,29)18-6-2-1-3-7-18/h1-12,15,25H,13-14H2,(H,22,27). The molecule has 0 unspecified atom stereocenters. The number of anilines is 1. The summed E-state index contributed by atoms with van der Waals surface area (Å²) in [5, 5.41) is 11.0. The minimum atomic E-state index is -3.67. The van der Waals surface area contributed by atoms with E-state index in [2.05, 4.69) is 20.2 Å². The first-order valence-electron chi connectivity index (χ1n) is 9.28. The molecule has 1 amide bonds. The van der Waals surface area contributed by atoms with Gasteiger partial charge in [0, 0.05) is 30.4 Å². The molecular weight excluding hydrogens is 402 g/mol. The van der Waals surface area contributed by atoms with Crippen molar-refractivity contribution >= 4 is 27.3 Å². The van der Waals surface area contributed by atoms with Gasteiger partial charge in [-0.3, -0.25) is 13.9 Å². The Morgan fingerprint density at radius 1 is 0.900 bits per heavy atom. The maximum atomic E-state index is 12.4. The van der Waals surface area contributed by atoms with Crippen molar-refractivity contribution in [3.63, 3.8) is 0 Å². The monoisotopic (exact) mass is 421 g/mol. The summed E-state index contributed by atoms with van der Waals surface area (Å²) in [6.45, 7) is 0.400. The number of nitrogens with one attached hydrogen (secondary N) is 2. The third-order valence-corrected chi connectivity index (χ3v) is 5.87. The average molecular weight is 421 g/mol. The van der Waals surface area contributed by atoms with E-state index in [1.807, 2.05) is 28.8 Å². The van der Waals surface area contributed by atoms with Gasteiger partial charge in [0.25, 0.3) is 15.9 Å². The van der Waals surface area contributed by atoms with Gasteiger partial charge in [-0.15, -0.1) is 10.2 Å². The van der Waals surface area contributed by atoms with E-state index < -0.39 is 10.0 Å². The van der Waals surface area contributed by atoms with Crippen molar-refractivity contribution < 1.29 is 13.2 Å². The Morgan fingerprint density at radius 2 is 1.63 bits per heavy atom. The SMILES string of the molecule is O=C(NCCc1nnc2ccccn12)c1ccc(NS(=O)(=O)c2ccccc2)cc1. The first kappa shape index (κ1) is 19.6. The average Bonchev–Trinajstić information content (AvgIpc) is 3.18. The third kappa shape index (κ3) is 4.31. The molecule has 2 heterocycles. The summed E-state index contributed by atoms with van der Waals surface area (Å²) < 4.78 is 29.1. The second kappa shape index (κ2) is 8.34. The minimum absolute atomic E-state index is 0.174. The van der Waals surface area contributed by atoms with Crippen molar-refractivity contribution in [2.75, 3.05) is 11.3 Å². The first-order valence-corrected chi connectivity index (χ1v) is 10.8. The van der Waals surface area contributed by atoms with Crippen LogP contribution in [0.15, 0.2) is 83.9 Å². The maximum Gasteiger partial charge on any atom is 0.261 e. The van der Waals surface area contributed by atoms with Crippen molar-refractivity contribution in [1.29, 1.82) is 0 Å². The van der Waals surface area contributed by atoms with E-state index in [0.29, 0.717) is 24.2 Å². The molecule has 0 atom stereocenters. The van der Waals surface area contributed by atoms with Crippen LogP contribution in [0.4, 0.5) is 5.69 Å². The fourth-order valence-corrected chi connectivity index (χ4v) is 4.03. The molecule has 0 saturated heterocycles. The number of rotatable bonds is 7. The number of pyridine rings is 1. The van der Waals surface area contributed by atoms with Gasteiger partial charge in [-0.25, -0.2) is 8.42 Å². The summed E-state index contributed by atoms with van der Waals surface area (Å²) in [5.74, 6) is 0.512. The molecule has 2 aromatic heterocycles. The highest BCUT2D eigenvalue weighted by Gasteiger charge is 2.14. The Balaban J connectivity index is 1.35. The molecule has 4 aromatic rings. The van der Waals surface area contributed by atoms with Crippen LogP contribution in [-0.4, -0.2) is 35.5 Å². The van der Waals surface area contributed by atoms with Crippen molar-refractivity contribution in [3.05, 3.63) is 90.4 Å². The van der Waals surface area contributed by atoms with Gasteiger partial charge in [0.15, 0.2) is 5.65 Å². The summed E-state index contributed by atoms with van der Waals surface area (Å²) in [7, 11) is -3.67. The van der Waals surface area contributed by atoms with Gasteiger partial charge in [-0.05, 0) is 48.5 Å². The molecule has 2 aromatic carbocycles. The van der Waals surface area contributed by atoms with E-state index in [9.17, 15) is 13.2 Å². The summed E-state index contributed by atoms with van der Waals surface area (Å²) >= 11 is 0. The highest BCUT2D eigenvalue weighted by atomic mass is 32.2. The Hall–Kier alpha value is -3.72. The van der Waals surface area contributed by atoms with Crippen LogP contribution in [0.1, 0.15) is 16.2 Å². The lowest BCUT2D eigenvalue weighted by molar-refractivity contribution is 0.0954. The van der Waals surface area contributed by atoms with E-state index in [4.69, 9.17) is 0 Å². The summed E-state index contributed by atoms with van der Waals surface area (Å²) in [6, 6.07) is 20.0. The molecule has 30 heavy (non-hydrogen) atoms. The molecule has 0 fully saturated rings. The molecule has 152 valence electrons. The van der Waals surface area contributed by atoms with E-state index in [0.717, 1.165) is 11.5 Å². The van der Waals surface area contributed by atoms with Crippen LogP contribution >= 0.6 is 0 Å². The molecule has 0 spiro atoms. The lowest BCUT2D eigenvalue weighted by atomic mass is 10.2. The minimum Gasteiger partial charge on any atom is -0.352 e. The quantitative estimate of drug-likeness (QED) is 0.477. The van der Waals surface area contributed by atoms with Crippen molar-refractivity contribution in [1.82, 2.24) is 19.9 Å². The molecule has 8 nitrogen and oxygen atoms in total. The van der Waals surface area contributed by atoms with Gasteiger partial charge in [0.1, 0.15) is 5.82 Å². The molecule has 4 rings (SSSR count). The van der Waals surface area contributed by atoms with Crippen LogP contribution < -0.4 is 10.0 Å². The fourth-order valence-electron chi connectivity index (χ4n) is 2.95. The number of benzene rings is 2. The summed E-state index contributed by atoms with van der Waals surface area (Å²) in [4.78, 5) is 12.5. The highest BCUT2D eigenvalue weighted by molar-refractivity contribution is 7.92. The molecular formula is C21H19N5O3S. The van der Waals surface area contributed by atoms with Gasteiger partial charge >= 0.3 is 0 Å². The van der Waals surface area contributed by atoms with Gasteiger partial charge in [-0.1, -0.05) is 24.3 Å². The largest absolute Gasteiger partial charge is 0.352 e. The molecule has 0 aliphatic heterocycles. The molecule has 0 saturated carbocycles. The molecule has 0 aliphatic rings. The van der Waals surface area contributed by atoms with Crippen LogP contribution in [0.5, 0.6) is 0 Å². The lowest BCUT2D eigenvalue weighted by Gasteiger charge is -2.09. The zero-order valence-electron chi connectivity index (χ0n) is 15.9. The zero-order chi connectivity index (χ0) is 21.0. The van der Waals surface area contributed by atoms with Gasteiger partial charge < -0.3 is 5.32 Å². The van der Waals surface area contributed by atoms with E-state index in [-0.39, 0.29) is 10.8 Å². The van der Waals surface area contributed by atoms with Crippen LogP contribution in [-0.2, 0) is 16.4 Å². The Labute approximate surface area is 173 Å². The summed E-state index contributed by atoms with van der Waals surface area (Å²) in [5.41, 5.74) is 1.57. The third-order valence-electron chi connectivity index (χ3n) is 4.47. The number of nitrogens with zero attached hydrogens (tertiary/aromatic N) is 3. The number of hydrogen-bond donors (Lipinski definition) is 2. The number of hydrogen-bond acceptors (Lipinski definition) is 5. The van der Waals surface area contributed by atoms with Crippen molar-refractivity contribution in [2.24, 2.45) is 0 Å². The second-order valence-corrected chi connectivity index (χ2v) is 8.23. The number of carbonyl (C=O) groups excluding carboxylic acids is 1. The second-order valence-electron chi connectivity index (χ2n) is 6.55. The van der Waals surface area contributed by atoms with Gasteiger partial charge in [0.2, 0.25) is 0 Å². The van der Waals surface area contributed by atoms with Crippen molar-refractivity contribution in [3.8, 4) is 0 Å². The van der Waals surface area contributed by atoms with Crippen LogP contribution in [0, 0.1) is 0 Å². The predicted molar refractivity (Wildman–Crippen MR) is 113 cm³/mol. The van der Waals surface area contributed by atoms with Gasteiger partial charge in [-0.2, -0.15) is 0 Å². The number of amides is 1. The van der Waals surface area contributed by atoms with E-state index in [1.54, 1.807) is 42.5 Å². The summed E-state index contributed by atoms with van der Waals surface area (Å²) in [6.07, 6.45) is 2.41. The van der Waals surface area contributed by atoms with Crippen LogP contribution in [0.2, 0.25) is 0 Å². The first-order chi connectivity index (χ1) is 14.5.